The van der Waals surface area contributed by atoms with Crippen molar-refractivity contribution in [1.82, 2.24) is 10.6 Å². The first kappa shape index (κ1) is 28.4. The lowest BCUT2D eigenvalue weighted by atomic mass is 9.87. The number of halogens is 1. The Morgan fingerprint density at radius 3 is 2.21 bits per heavy atom. The van der Waals surface area contributed by atoms with E-state index in [1.54, 1.807) is 13.0 Å². The maximum atomic E-state index is 14.7. The number of hydrogen-bond donors (Lipinski definition) is 2. The number of rotatable bonds is 10. The smallest absolute Gasteiger partial charge is 0.308 e. The third-order valence-electron chi connectivity index (χ3n) is 7.33. The number of carbonyl (C=O) groups excluding carboxylic acids is 3. The summed E-state index contributed by atoms with van der Waals surface area (Å²) < 4.78 is 25.6. The predicted octanol–water partition coefficient (Wildman–Crippen LogP) is 4.48. The third kappa shape index (κ3) is 7.94. The zero-order valence-electron chi connectivity index (χ0n) is 22.5. The van der Waals surface area contributed by atoms with Gasteiger partial charge in [0.2, 0.25) is 0 Å². The highest BCUT2D eigenvalue weighted by Crippen LogP contribution is 2.29. The molecule has 0 radical (unpaired) electrons. The number of piperidine rings is 1. The van der Waals surface area contributed by atoms with E-state index in [1.165, 1.54) is 31.4 Å². The molecule has 1 saturated heterocycles. The summed E-state index contributed by atoms with van der Waals surface area (Å²) in [5.74, 6) is -1.39. The molecule has 1 aliphatic carbocycles. The van der Waals surface area contributed by atoms with Gasteiger partial charge in [-0.25, -0.2) is 4.39 Å². The van der Waals surface area contributed by atoms with Crippen molar-refractivity contribution in [2.45, 2.75) is 58.0 Å². The normalized spacial score (nSPS) is 19.2. The van der Waals surface area contributed by atoms with E-state index in [-0.39, 0.29) is 42.6 Å². The van der Waals surface area contributed by atoms with Gasteiger partial charge in [-0.3, -0.25) is 14.4 Å². The lowest BCUT2D eigenvalue weighted by Gasteiger charge is -2.28. The van der Waals surface area contributed by atoms with Crippen LogP contribution in [0.25, 0.3) is 0 Å². The Balaban J connectivity index is 1.18. The van der Waals surface area contributed by atoms with Crippen LogP contribution in [0, 0.1) is 11.7 Å². The molecule has 0 unspecified atom stereocenters. The van der Waals surface area contributed by atoms with Gasteiger partial charge in [-0.05, 0) is 88.3 Å². The number of nitrogens with zero attached hydrogens (tertiary/aromatic N) is 1. The van der Waals surface area contributed by atoms with Crippen molar-refractivity contribution in [3.63, 3.8) is 0 Å². The summed E-state index contributed by atoms with van der Waals surface area (Å²) in [5, 5.41) is 5.42. The molecule has 0 bridgehead atoms. The topological polar surface area (TPSA) is 97.0 Å². The SMILES string of the molecule is CCOC(=O)C1CCC(Oc2ccc(C(=O)NCCNC(=O)c3ccc(N4CCCCC4)cc3)c(F)c2)CC1. The molecule has 9 heteroatoms. The lowest BCUT2D eigenvalue weighted by Crippen LogP contribution is -2.35. The molecule has 0 spiro atoms. The molecule has 2 amide bonds. The number of anilines is 1. The van der Waals surface area contributed by atoms with Crippen molar-refractivity contribution >= 4 is 23.5 Å². The second-order valence-corrected chi connectivity index (χ2v) is 10.1. The quantitative estimate of drug-likeness (QED) is 0.342. The minimum atomic E-state index is -0.678. The van der Waals surface area contributed by atoms with Crippen LogP contribution in [0.2, 0.25) is 0 Å². The highest BCUT2D eigenvalue weighted by atomic mass is 19.1. The standard InChI is InChI=1S/C30H38FN3O5/c1-2-38-30(37)22-8-12-24(13-9-22)39-25-14-15-26(27(31)20-25)29(36)33-17-16-32-28(35)21-6-10-23(11-7-21)34-18-4-3-5-19-34/h6-7,10-11,14-15,20,22,24H,2-5,8-9,12-13,16-19H2,1H3,(H,32,35)(H,33,36). The van der Waals surface area contributed by atoms with Gasteiger partial charge in [-0.1, -0.05) is 0 Å². The third-order valence-corrected chi connectivity index (χ3v) is 7.33. The summed E-state index contributed by atoms with van der Waals surface area (Å²) in [6.45, 7) is 4.63. The first-order valence-corrected chi connectivity index (χ1v) is 14.0. The molecule has 210 valence electrons. The molecule has 1 saturated carbocycles. The van der Waals surface area contributed by atoms with E-state index in [0.717, 1.165) is 18.8 Å². The van der Waals surface area contributed by atoms with E-state index in [4.69, 9.17) is 9.47 Å². The number of carbonyl (C=O) groups is 3. The van der Waals surface area contributed by atoms with Gasteiger partial charge in [-0.15, -0.1) is 0 Å². The molecule has 2 fully saturated rings. The molecule has 8 nitrogen and oxygen atoms in total. The van der Waals surface area contributed by atoms with Crippen LogP contribution in [0.15, 0.2) is 42.5 Å². The second-order valence-electron chi connectivity index (χ2n) is 10.1. The van der Waals surface area contributed by atoms with Crippen molar-refractivity contribution in [2.75, 3.05) is 37.7 Å². The van der Waals surface area contributed by atoms with Gasteiger partial charge in [0.25, 0.3) is 11.8 Å². The van der Waals surface area contributed by atoms with E-state index in [9.17, 15) is 18.8 Å². The van der Waals surface area contributed by atoms with E-state index < -0.39 is 11.7 Å². The van der Waals surface area contributed by atoms with Gasteiger partial charge in [0.05, 0.1) is 24.2 Å². The minimum Gasteiger partial charge on any atom is -0.490 e. The summed E-state index contributed by atoms with van der Waals surface area (Å²) in [5.41, 5.74) is 1.59. The van der Waals surface area contributed by atoms with Crippen LogP contribution < -0.4 is 20.3 Å². The number of amides is 2. The van der Waals surface area contributed by atoms with Crippen LogP contribution in [0.4, 0.5) is 10.1 Å². The Hall–Kier alpha value is -3.62. The average molecular weight is 540 g/mol. The van der Waals surface area contributed by atoms with Crippen LogP contribution in [0.3, 0.4) is 0 Å². The molecular formula is C30H38FN3O5. The average Bonchev–Trinajstić information content (AvgIpc) is 2.96. The van der Waals surface area contributed by atoms with Crippen molar-refractivity contribution in [3.05, 3.63) is 59.4 Å². The fourth-order valence-electron chi connectivity index (χ4n) is 5.15. The Labute approximate surface area is 229 Å². The fraction of sp³-hybridized carbons (Fsp3) is 0.500. The first-order chi connectivity index (χ1) is 18.9. The number of benzene rings is 2. The molecular weight excluding hydrogens is 501 g/mol. The molecule has 4 rings (SSSR count). The largest absolute Gasteiger partial charge is 0.490 e. The molecule has 1 aliphatic heterocycles. The maximum Gasteiger partial charge on any atom is 0.308 e. The highest BCUT2D eigenvalue weighted by Gasteiger charge is 2.28. The van der Waals surface area contributed by atoms with Gasteiger partial charge in [0.15, 0.2) is 0 Å². The summed E-state index contributed by atoms with van der Waals surface area (Å²) >= 11 is 0. The van der Waals surface area contributed by atoms with Gasteiger partial charge in [-0.2, -0.15) is 0 Å². The molecule has 0 aromatic heterocycles. The first-order valence-electron chi connectivity index (χ1n) is 14.0. The molecule has 39 heavy (non-hydrogen) atoms. The fourth-order valence-corrected chi connectivity index (χ4v) is 5.15. The van der Waals surface area contributed by atoms with Crippen LogP contribution >= 0.6 is 0 Å². The van der Waals surface area contributed by atoms with Gasteiger partial charge in [0, 0.05) is 43.5 Å². The minimum absolute atomic E-state index is 0.0898. The van der Waals surface area contributed by atoms with Crippen LogP contribution in [-0.4, -0.2) is 56.7 Å². The summed E-state index contributed by atoms with van der Waals surface area (Å²) in [4.78, 5) is 39.1. The van der Waals surface area contributed by atoms with E-state index >= 15 is 0 Å². The molecule has 2 aromatic rings. The van der Waals surface area contributed by atoms with Crippen LogP contribution in [-0.2, 0) is 9.53 Å². The zero-order valence-corrected chi connectivity index (χ0v) is 22.5. The van der Waals surface area contributed by atoms with Crippen LogP contribution in [0.5, 0.6) is 5.75 Å². The Morgan fingerprint density at radius 2 is 1.56 bits per heavy atom. The van der Waals surface area contributed by atoms with Crippen LogP contribution in [0.1, 0.15) is 72.6 Å². The summed E-state index contributed by atoms with van der Waals surface area (Å²) in [6, 6.07) is 11.7. The van der Waals surface area contributed by atoms with E-state index in [0.29, 0.717) is 43.6 Å². The second kappa shape index (κ2) is 14.0. The van der Waals surface area contributed by atoms with Gasteiger partial charge >= 0.3 is 5.97 Å². The molecule has 2 N–H and O–H groups in total. The van der Waals surface area contributed by atoms with Crippen molar-refractivity contribution in [2.24, 2.45) is 5.92 Å². The van der Waals surface area contributed by atoms with Crippen molar-refractivity contribution < 1.29 is 28.2 Å². The summed E-state index contributed by atoms with van der Waals surface area (Å²) in [7, 11) is 0. The molecule has 2 aromatic carbocycles. The Kier molecular flexibility index (Phi) is 10.2. The predicted molar refractivity (Wildman–Crippen MR) is 147 cm³/mol. The number of nitrogens with one attached hydrogen (secondary N) is 2. The highest BCUT2D eigenvalue weighted by molar-refractivity contribution is 5.95. The number of esters is 1. The number of hydrogen-bond acceptors (Lipinski definition) is 6. The molecule has 1 heterocycles. The Bertz CT molecular complexity index is 1130. The maximum absolute atomic E-state index is 14.7. The number of ether oxygens (including phenoxy) is 2. The van der Waals surface area contributed by atoms with E-state index in [2.05, 4.69) is 15.5 Å². The zero-order chi connectivity index (χ0) is 27.6. The summed E-state index contributed by atoms with van der Waals surface area (Å²) in [6.07, 6.45) is 6.25. The Morgan fingerprint density at radius 1 is 0.897 bits per heavy atom. The molecule has 2 aliphatic rings. The lowest BCUT2D eigenvalue weighted by molar-refractivity contribution is -0.149. The van der Waals surface area contributed by atoms with E-state index in [1.807, 2.05) is 24.3 Å². The van der Waals surface area contributed by atoms with Gasteiger partial charge in [0.1, 0.15) is 11.6 Å². The van der Waals surface area contributed by atoms with Crippen molar-refractivity contribution in [3.8, 4) is 5.75 Å². The van der Waals surface area contributed by atoms with Crippen molar-refractivity contribution in [1.29, 1.82) is 0 Å². The molecule has 0 atom stereocenters. The van der Waals surface area contributed by atoms with Gasteiger partial charge < -0.3 is 25.0 Å². The monoisotopic (exact) mass is 539 g/mol.